The third kappa shape index (κ3) is 2.24. The normalized spacial score (nSPS) is 26.6. The lowest BCUT2D eigenvalue weighted by Gasteiger charge is -2.25. The van der Waals surface area contributed by atoms with Crippen molar-refractivity contribution in [1.82, 2.24) is 4.98 Å². The van der Waals surface area contributed by atoms with Crippen molar-refractivity contribution in [1.29, 1.82) is 5.26 Å². The average molecular weight is 375 g/mol. The Morgan fingerprint density at radius 2 is 2.15 bits per heavy atom. The van der Waals surface area contributed by atoms with Crippen LogP contribution < -0.4 is 4.90 Å². The van der Waals surface area contributed by atoms with Crippen molar-refractivity contribution in [2.24, 2.45) is 10.8 Å². The lowest BCUT2D eigenvalue weighted by atomic mass is 9.96. The second kappa shape index (κ2) is 5.59. The summed E-state index contributed by atoms with van der Waals surface area (Å²) in [7, 11) is 0. The highest BCUT2D eigenvalue weighted by Gasteiger charge is 2.87. The summed E-state index contributed by atoms with van der Waals surface area (Å²) in [6.07, 6.45) is -3.22. The van der Waals surface area contributed by atoms with Crippen LogP contribution in [0.2, 0.25) is 0 Å². The van der Waals surface area contributed by atoms with Gasteiger partial charge in [-0.05, 0) is 37.6 Å². The van der Waals surface area contributed by atoms with Crippen molar-refractivity contribution in [2.45, 2.75) is 19.5 Å². The van der Waals surface area contributed by atoms with E-state index in [2.05, 4.69) is 4.98 Å². The Labute approximate surface area is 153 Å². The van der Waals surface area contributed by atoms with Crippen molar-refractivity contribution >= 4 is 22.6 Å². The minimum absolute atomic E-state index is 0.0399. The fourth-order valence-electron chi connectivity index (χ4n) is 4.35. The number of halogens is 3. The fraction of sp³-hybridized carbons (Fsp3) is 0.421. The Hall–Kier alpha value is -2.82. The molecule has 27 heavy (non-hydrogen) atoms. The minimum atomic E-state index is -4.50. The number of ether oxygens (including phenoxy) is 1. The Morgan fingerprint density at radius 1 is 1.37 bits per heavy atom. The number of rotatable bonds is 3. The number of hydrogen-bond acceptors (Lipinski definition) is 5. The molecule has 1 saturated carbocycles. The van der Waals surface area contributed by atoms with Crippen molar-refractivity contribution in [3.05, 3.63) is 36.0 Å². The summed E-state index contributed by atoms with van der Waals surface area (Å²) in [4.78, 5) is 18.2. The Morgan fingerprint density at radius 3 is 2.81 bits per heavy atom. The number of carbonyl (C=O) groups excluding carboxylic acids is 1. The molecule has 0 bridgehead atoms. The number of carbonyl (C=O) groups is 1. The third-order valence-electron chi connectivity index (χ3n) is 5.73. The van der Waals surface area contributed by atoms with Crippen LogP contribution in [0.3, 0.4) is 0 Å². The lowest BCUT2D eigenvalue weighted by molar-refractivity contribution is -0.195. The number of anilines is 1. The van der Waals surface area contributed by atoms with Crippen LogP contribution in [-0.4, -0.2) is 36.8 Å². The van der Waals surface area contributed by atoms with Gasteiger partial charge in [-0.1, -0.05) is 0 Å². The first-order valence-electron chi connectivity index (χ1n) is 8.56. The molecule has 1 aliphatic heterocycles. The Bertz CT molecular complexity index is 984. The van der Waals surface area contributed by atoms with Crippen LogP contribution >= 0.6 is 0 Å². The number of aromatic nitrogens is 1. The molecule has 0 N–H and O–H groups in total. The van der Waals surface area contributed by atoms with Crippen LogP contribution in [0.4, 0.5) is 18.9 Å². The standard InChI is InChI=1S/C19H16F3N3O2/c1-2-27-16(26)17-9-18(17,19(20,21)22)11-25(10-17)14-6-5-12(8-23)15-13(14)4-3-7-24-15/h3-7H,2,9-11H2,1H3/t17-,18-/m0/s1. The van der Waals surface area contributed by atoms with Gasteiger partial charge in [0.15, 0.2) is 0 Å². The second-order valence-electron chi connectivity index (χ2n) is 7.06. The highest BCUT2D eigenvalue weighted by molar-refractivity contribution is 5.96. The highest BCUT2D eigenvalue weighted by Crippen LogP contribution is 2.75. The third-order valence-corrected chi connectivity index (χ3v) is 5.73. The fourth-order valence-corrected chi connectivity index (χ4v) is 4.35. The number of piperidine rings is 1. The molecule has 2 fully saturated rings. The number of hydrogen-bond donors (Lipinski definition) is 0. The van der Waals surface area contributed by atoms with Crippen LogP contribution in [0, 0.1) is 22.2 Å². The summed E-state index contributed by atoms with van der Waals surface area (Å²) in [6, 6.07) is 8.61. The van der Waals surface area contributed by atoms with Gasteiger partial charge in [0.05, 0.1) is 17.7 Å². The first kappa shape index (κ1) is 17.6. The van der Waals surface area contributed by atoms with E-state index < -0.39 is 23.0 Å². The predicted molar refractivity (Wildman–Crippen MR) is 90.8 cm³/mol. The van der Waals surface area contributed by atoms with E-state index in [9.17, 15) is 23.2 Å². The lowest BCUT2D eigenvalue weighted by Crippen LogP contribution is -2.35. The molecule has 0 unspecified atom stereocenters. The number of esters is 1. The summed E-state index contributed by atoms with van der Waals surface area (Å²) in [5.41, 5.74) is -2.33. The van der Waals surface area contributed by atoms with E-state index in [-0.39, 0.29) is 26.1 Å². The maximum Gasteiger partial charge on any atom is 0.397 e. The largest absolute Gasteiger partial charge is 0.465 e. The van der Waals surface area contributed by atoms with Crippen LogP contribution in [0.5, 0.6) is 0 Å². The quantitative estimate of drug-likeness (QED) is 0.769. The molecule has 1 aromatic carbocycles. The van der Waals surface area contributed by atoms with Gasteiger partial charge in [-0.15, -0.1) is 0 Å². The molecule has 1 saturated heterocycles. The van der Waals surface area contributed by atoms with Gasteiger partial charge < -0.3 is 9.64 Å². The van der Waals surface area contributed by atoms with Crippen LogP contribution in [-0.2, 0) is 9.53 Å². The second-order valence-corrected chi connectivity index (χ2v) is 7.06. The molecule has 5 nitrogen and oxygen atoms in total. The molecular formula is C19H16F3N3O2. The van der Waals surface area contributed by atoms with Crippen molar-refractivity contribution < 1.29 is 22.7 Å². The summed E-state index contributed by atoms with van der Waals surface area (Å²) in [6.45, 7) is 1.24. The topological polar surface area (TPSA) is 66.2 Å². The van der Waals surface area contributed by atoms with E-state index in [1.165, 1.54) is 6.20 Å². The van der Waals surface area contributed by atoms with Gasteiger partial charge in [-0.3, -0.25) is 9.78 Å². The maximum atomic E-state index is 13.9. The van der Waals surface area contributed by atoms with Gasteiger partial charge in [0.25, 0.3) is 0 Å². The number of nitrogens with zero attached hydrogens (tertiary/aromatic N) is 3. The van der Waals surface area contributed by atoms with E-state index in [1.807, 2.05) is 6.07 Å². The molecule has 140 valence electrons. The number of pyridine rings is 1. The molecule has 0 amide bonds. The molecule has 2 heterocycles. The number of benzene rings is 1. The molecular weight excluding hydrogens is 359 g/mol. The molecule has 1 aliphatic carbocycles. The zero-order chi connectivity index (χ0) is 19.4. The number of nitriles is 1. The van der Waals surface area contributed by atoms with Crippen molar-refractivity contribution in [2.75, 3.05) is 24.6 Å². The summed E-state index contributed by atoms with van der Waals surface area (Å²) in [5, 5.41) is 9.84. The van der Waals surface area contributed by atoms with Gasteiger partial charge in [0.1, 0.15) is 16.9 Å². The zero-order valence-corrected chi connectivity index (χ0v) is 14.5. The number of fused-ring (bicyclic) bond motifs is 2. The van der Waals surface area contributed by atoms with Crippen molar-refractivity contribution in [3.63, 3.8) is 0 Å². The molecule has 2 aliphatic rings. The summed E-state index contributed by atoms with van der Waals surface area (Å²) in [5.74, 6) is -0.791. The molecule has 0 radical (unpaired) electrons. The predicted octanol–water partition coefficient (Wildman–Crippen LogP) is 3.43. The van der Waals surface area contributed by atoms with E-state index >= 15 is 0 Å². The monoisotopic (exact) mass is 375 g/mol. The van der Waals surface area contributed by atoms with Crippen LogP contribution in [0.15, 0.2) is 30.5 Å². The van der Waals surface area contributed by atoms with Gasteiger partial charge in [0.2, 0.25) is 0 Å². The average Bonchev–Trinajstić information content (AvgIpc) is 3.19. The first-order chi connectivity index (χ1) is 12.8. The van der Waals surface area contributed by atoms with Crippen molar-refractivity contribution in [3.8, 4) is 6.07 Å². The maximum absolute atomic E-state index is 13.9. The molecule has 0 spiro atoms. The molecule has 1 aromatic heterocycles. The van der Waals surface area contributed by atoms with E-state index in [1.54, 1.807) is 36.1 Å². The summed E-state index contributed by atoms with van der Waals surface area (Å²) >= 11 is 0. The van der Waals surface area contributed by atoms with Crippen LogP contribution in [0.1, 0.15) is 18.9 Å². The Kier molecular flexibility index (Phi) is 3.64. The van der Waals surface area contributed by atoms with E-state index in [0.717, 1.165) is 0 Å². The Balaban J connectivity index is 1.79. The minimum Gasteiger partial charge on any atom is -0.465 e. The smallest absolute Gasteiger partial charge is 0.397 e. The molecule has 4 rings (SSSR count). The summed E-state index contributed by atoms with van der Waals surface area (Å²) < 4.78 is 46.6. The molecule has 2 atom stereocenters. The van der Waals surface area contributed by atoms with Crippen LogP contribution in [0.25, 0.3) is 10.9 Å². The number of alkyl halides is 3. The van der Waals surface area contributed by atoms with Gasteiger partial charge in [0, 0.05) is 30.4 Å². The van der Waals surface area contributed by atoms with Gasteiger partial charge in [-0.2, -0.15) is 18.4 Å². The zero-order valence-electron chi connectivity index (χ0n) is 14.5. The van der Waals surface area contributed by atoms with Gasteiger partial charge in [-0.25, -0.2) is 0 Å². The molecule has 8 heteroatoms. The first-order valence-corrected chi connectivity index (χ1v) is 8.56. The molecule has 2 aromatic rings. The van der Waals surface area contributed by atoms with E-state index in [4.69, 9.17) is 4.74 Å². The highest BCUT2D eigenvalue weighted by atomic mass is 19.4. The SMILES string of the molecule is CCOC(=O)[C@]12CN(c3ccc(C#N)c4ncccc34)C[C@@]1(C(F)(F)F)C2. The van der Waals surface area contributed by atoms with E-state index in [0.29, 0.717) is 22.2 Å². The van der Waals surface area contributed by atoms with Gasteiger partial charge >= 0.3 is 12.1 Å².